The molecule has 1 aliphatic rings. The molecule has 0 saturated carbocycles. The van der Waals surface area contributed by atoms with Crippen molar-refractivity contribution in [3.63, 3.8) is 0 Å². The highest BCUT2D eigenvalue weighted by atomic mass is 35.5. The Labute approximate surface area is 189 Å². The number of guanidine groups is 1. The number of halogens is 3. The van der Waals surface area contributed by atoms with Gasteiger partial charge in [-0.3, -0.25) is 9.59 Å². The monoisotopic (exact) mass is 477 g/mol. The highest BCUT2D eigenvalue weighted by molar-refractivity contribution is 5.95. The number of carbonyl (C=O) groups excluding carboxylic acids is 2. The number of hydrogen-bond donors (Lipinski definition) is 5. The number of nitrogens with one attached hydrogen (secondary N) is 4. The van der Waals surface area contributed by atoms with Gasteiger partial charge in [0.1, 0.15) is 11.6 Å². The molecular formula is C18H26ClF2N7O4. The minimum Gasteiger partial charge on any atom is -0.365 e. The number of aliphatic imine (C=N–C) groups is 1. The first-order valence-corrected chi connectivity index (χ1v) is 9.73. The van der Waals surface area contributed by atoms with Crippen LogP contribution in [0, 0.1) is 21.7 Å². The molecule has 1 aromatic carbocycles. The van der Waals surface area contributed by atoms with Crippen molar-refractivity contribution in [2.45, 2.75) is 44.2 Å². The number of rotatable bonds is 10. The Hall–Kier alpha value is -3.06. The number of nitrogens with two attached hydrogens (primary N) is 1. The summed E-state index contributed by atoms with van der Waals surface area (Å²) in [5, 5.41) is 17.6. The molecule has 1 saturated heterocycles. The standard InChI is InChI=1S/C18H25F2N7O4.ClH/c19-11-6-12(20)8-13(7-11)25-17(29)15-9-14(10-23-15)24-16(28)4-2-1-3-5-22-18(21)26-27(30)31;/h6-8,14-15,23H,1-5,9-10H2,(H,24,28)(H,25,29)(H3,21,22,26);1H/t14-,15-;/m0./s1. The molecule has 0 aliphatic carbocycles. The number of unbranched alkanes of at least 4 members (excludes halogenated alkanes) is 2. The van der Waals surface area contributed by atoms with Crippen molar-refractivity contribution in [2.75, 3.05) is 18.4 Å². The van der Waals surface area contributed by atoms with Crippen LogP contribution in [0.1, 0.15) is 32.1 Å². The van der Waals surface area contributed by atoms with Gasteiger partial charge in [0.05, 0.1) is 6.04 Å². The van der Waals surface area contributed by atoms with E-state index in [-0.39, 0.29) is 36.0 Å². The van der Waals surface area contributed by atoms with Gasteiger partial charge in [0.15, 0.2) is 5.03 Å². The van der Waals surface area contributed by atoms with Gasteiger partial charge in [-0.2, -0.15) is 0 Å². The first kappa shape index (κ1) is 27.0. The number of nitro groups is 1. The zero-order valence-electron chi connectivity index (χ0n) is 17.1. The van der Waals surface area contributed by atoms with E-state index < -0.39 is 28.6 Å². The lowest BCUT2D eigenvalue weighted by atomic mass is 10.1. The van der Waals surface area contributed by atoms with Gasteiger partial charge in [0.25, 0.3) is 5.96 Å². The number of hydrogen-bond acceptors (Lipinski definition) is 6. The second-order valence-corrected chi connectivity index (χ2v) is 7.05. The lowest BCUT2D eigenvalue weighted by Crippen LogP contribution is -2.36. The predicted octanol–water partition coefficient (Wildman–Crippen LogP) is 0.828. The van der Waals surface area contributed by atoms with Crippen molar-refractivity contribution >= 4 is 35.9 Å². The summed E-state index contributed by atoms with van der Waals surface area (Å²) in [7, 11) is 0. The Morgan fingerprint density at radius 1 is 1.22 bits per heavy atom. The first-order chi connectivity index (χ1) is 14.7. The zero-order chi connectivity index (χ0) is 22.8. The number of anilines is 1. The quantitative estimate of drug-likeness (QED) is 0.109. The summed E-state index contributed by atoms with van der Waals surface area (Å²) >= 11 is 0. The third-order valence-corrected chi connectivity index (χ3v) is 4.49. The molecular weight excluding hydrogens is 452 g/mol. The summed E-state index contributed by atoms with van der Waals surface area (Å²) in [5.74, 6) is -2.43. The second-order valence-electron chi connectivity index (χ2n) is 7.05. The Morgan fingerprint density at radius 3 is 2.56 bits per heavy atom. The lowest BCUT2D eigenvalue weighted by molar-refractivity contribution is -0.525. The molecule has 11 nitrogen and oxygen atoms in total. The molecule has 0 aromatic heterocycles. The third kappa shape index (κ3) is 9.83. The molecule has 178 valence electrons. The van der Waals surface area contributed by atoms with Crippen LogP contribution in [-0.4, -0.2) is 48.0 Å². The molecule has 6 N–H and O–H groups in total. The van der Waals surface area contributed by atoms with Gasteiger partial charge in [-0.25, -0.2) is 23.9 Å². The van der Waals surface area contributed by atoms with Crippen LogP contribution in [0.4, 0.5) is 14.5 Å². The van der Waals surface area contributed by atoms with Gasteiger partial charge in [-0.15, -0.1) is 12.4 Å². The van der Waals surface area contributed by atoms with E-state index in [1.165, 1.54) is 0 Å². The van der Waals surface area contributed by atoms with Gasteiger partial charge in [-0.1, -0.05) is 11.8 Å². The van der Waals surface area contributed by atoms with E-state index in [1.54, 1.807) is 5.43 Å². The molecule has 1 fully saturated rings. The minimum absolute atomic E-state index is 0. The van der Waals surface area contributed by atoms with Crippen molar-refractivity contribution in [1.82, 2.24) is 16.1 Å². The van der Waals surface area contributed by atoms with Crippen LogP contribution in [0.5, 0.6) is 0 Å². The highest BCUT2D eigenvalue weighted by Gasteiger charge is 2.30. The highest BCUT2D eigenvalue weighted by Crippen LogP contribution is 2.15. The maximum atomic E-state index is 13.2. The van der Waals surface area contributed by atoms with Crippen LogP contribution in [-0.2, 0) is 9.59 Å². The van der Waals surface area contributed by atoms with Crippen LogP contribution in [0.25, 0.3) is 0 Å². The molecule has 2 amide bonds. The molecule has 1 heterocycles. The molecule has 0 bridgehead atoms. The summed E-state index contributed by atoms with van der Waals surface area (Å²) in [5.41, 5.74) is 7.05. The fourth-order valence-electron chi connectivity index (χ4n) is 3.10. The van der Waals surface area contributed by atoms with E-state index in [2.05, 4.69) is 20.9 Å². The van der Waals surface area contributed by atoms with Crippen LogP contribution in [0.3, 0.4) is 0 Å². The summed E-state index contributed by atoms with van der Waals surface area (Å²) in [6.45, 7) is 0.714. The molecule has 32 heavy (non-hydrogen) atoms. The van der Waals surface area contributed by atoms with Crippen LogP contribution in [0.2, 0.25) is 0 Å². The molecule has 1 aliphatic heterocycles. The Bertz CT molecular complexity index is 823. The van der Waals surface area contributed by atoms with Gasteiger partial charge in [0.2, 0.25) is 11.8 Å². The van der Waals surface area contributed by atoms with E-state index in [4.69, 9.17) is 5.73 Å². The number of nitrogens with zero attached hydrogens (tertiary/aromatic N) is 2. The Morgan fingerprint density at radius 2 is 1.91 bits per heavy atom. The van der Waals surface area contributed by atoms with Gasteiger partial charge < -0.3 is 21.7 Å². The minimum atomic E-state index is -0.795. The van der Waals surface area contributed by atoms with Crippen LogP contribution < -0.4 is 27.1 Å². The molecule has 2 atom stereocenters. The van der Waals surface area contributed by atoms with Gasteiger partial charge in [-0.05, 0) is 31.4 Å². The topological polar surface area (TPSA) is 164 Å². The number of carbonyl (C=O) groups is 2. The fourth-order valence-corrected chi connectivity index (χ4v) is 3.10. The zero-order valence-corrected chi connectivity index (χ0v) is 17.9. The van der Waals surface area contributed by atoms with E-state index >= 15 is 0 Å². The van der Waals surface area contributed by atoms with E-state index in [0.29, 0.717) is 51.3 Å². The number of amides is 2. The maximum absolute atomic E-state index is 13.2. The smallest absolute Gasteiger partial charge is 0.251 e. The molecule has 0 radical (unpaired) electrons. The molecule has 2 rings (SSSR count). The average Bonchev–Trinajstić information content (AvgIpc) is 3.11. The second kappa shape index (κ2) is 13.4. The van der Waals surface area contributed by atoms with E-state index in [0.717, 1.165) is 12.1 Å². The Balaban J connectivity index is 0.00000512. The SMILES string of the molecule is Cl.NC(=NCCCCCC(=O)N[C@@H]1CN[C@H](C(=O)Nc2cc(F)cc(F)c2)C1)N[N+](=O)[O-]. The third-order valence-electron chi connectivity index (χ3n) is 4.49. The summed E-state index contributed by atoms with van der Waals surface area (Å²) in [6.07, 6.45) is 2.58. The normalized spacial score (nSPS) is 17.9. The van der Waals surface area contributed by atoms with Crippen LogP contribution in [0.15, 0.2) is 23.2 Å². The number of hydrazine groups is 1. The lowest BCUT2D eigenvalue weighted by Gasteiger charge is -2.13. The molecule has 0 unspecified atom stereocenters. The van der Waals surface area contributed by atoms with E-state index in [9.17, 15) is 28.5 Å². The van der Waals surface area contributed by atoms with E-state index in [1.807, 2.05) is 0 Å². The summed E-state index contributed by atoms with van der Waals surface area (Å²) in [6, 6.07) is 1.94. The predicted molar refractivity (Wildman–Crippen MR) is 116 cm³/mol. The molecule has 1 aromatic rings. The summed E-state index contributed by atoms with van der Waals surface area (Å²) < 4.78 is 26.4. The largest absolute Gasteiger partial charge is 0.365 e. The maximum Gasteiger partial charge on any atom is 0.251 e. The first-order valence-electron chi connectivity index (χ1n) is 9.73. The average molecular weight is 478 g/mol. The van der Waals surface area contributed by atoms with Crippen molar-refractivity contribution in [2.24, 2.45) is 10.7 Å². The summed E-state index contributed by atoms with van der Waals surface area (Å²) in [4.78, 5) is 38.2. The van der Waals surface area contributed by atoms with Gasteiger partial charge in [0, 0.05) is 37.3 Å². The fraction of sp³-hybridized carbons (Fsp3) is 0.500. The van der Waals surface area contributed by atoms with Gasteiger partial charge >= 0.3 is 0 Å². The number of benzene rings is 1. The van der Waals surface area contributed by atoms with Crippen LogP contribution >= 0.6 is 12.4 Å². The Kier molecular flexibility index (Phi) is 11.3. The van der Waals surface area contributed by atoms with Crippen molar-refractivity contribution in [1.29, 1.82) is 0 Å². The van der Waals surface area contributed by atoms with Crippen molar-refractivity contribution < 1.29 is 23.4 Å². The van der Waals surface area contributed by atoms with Crippen molar-refractivity contribution in [3.8, 4) is 0 Å². The van der Waals surface area contributed by atoms with Crippen molar-refractivity contribution in [3.05, 3.63) is 39.9 Å². The molecule has 0 spiro atoms. The molecule has 14 heteroatoms.